The van der Waals surface area contributed by atoms with E-state index in [1.54, 1.807) is 55.1 Å². The zero-order valence-electron chi connectivity index (χ0n) is 37.7. The number of carbonyl (C=O) groups is 2. The summed E-state index contributed by atoms with van der Waals surface area (Å²) in [5, 5.41) is 75.1. The van der Waals surface area contributed by atoms with Gasteiger partial charge in [-0.2, -0.15) is 20.7 Å². The molecule has 4 aromatic carbocycles. The van der Waals surface area contributed by atoms with E-state index < -0.39 is 30.6 Å². The van der Waals surface area contributed by atoms with Crippen LogP contribution >= 0.6 is 23.2 Å². The molecule has 4 aromatic heterocycles. The second-order valence-corrected chi connectivity index (χ2v) is 17.3. The van der Waals surface area contributed by atoms with E-state index in [2.05, 4.69) is 32.7 Å². The molecule has 20 heteroatoms. The maximum Gasteiger partial charge on any atom is 0.323 e. The fourth-order valence-electron chi connectivity index (χ4n) is 8.02. The summed E-state index contributed by atoms with van der Waals surface area (Å²) in [6, 6.07) is 24.4. The van der Waals surface area contributed by atoms with E-state index in [9.17, 15) is 40.5 Å². The molecule has 0 unspecified atom stereocenters. The maximum atomic E-state index is 11.7. The highest BCUT2D eigenvalue weighted by atomic mass is 35.5. The Morgan fingerprint density at radius 3 is 1.58 bits per heavy atom. The highest BCUT2D eigenvalue weighted by molar-refractivity contribution is 6.31. The summed E-state index contributed by atoms with van der Waals surface area (Å²) in [4.78, 5) is 31.3. The van der Waals surface area contributed by atoms with Crippen LogP contribution in [0.25, 0.3) is 32.9 Å². The molecule has 18 nitrogen and oxygen atoms in total. The van der Waals surface area contributed by atoms with E-state index >= 15 is 0 Å². The summed E-state index contributed by atoms with van der Waals surface area (Å²) in [7, 11) is 0. The van der Waals surface area contributed by atoms with Gasteiger partial charge in [0.2, 0.25) is 0 Å². The third kappa shape index (κ3) is 11.7. The number of ether oxygens (including phenoxy) is 2. The lowest BCUT2D eigenvalue weighted by Gasteiger charge is -2.18. The molecule has 0 saturated carbocycles. The Labute approximate surface area is 415 Å². The number of rotatable bonds is 22. The molecule has 8 rings (SSSR count). The highest BCUT2D eigenvalue weighted by Gasteiger charge is 2.21. The fraction of sp³-hybridized carbons (Fsp3) is 0.216. The maximum absolute atomic E-state index is 11.7. The summed E-state index contributed by atoms with van der Waals surface area (Å²) in [6.45, 7) is -0.198. The first-order chi connectivity index (χ1) is 34.4. The van der Waals surface area contributed by atoms with Gasteiger partial charge in [0.15, 0.2) is 0 Å². The number of benzene rings is 4. The number of carboxylic acids is 2. The molecular formula is C51H44Cl2N10O8. The van der Waals surface area contributed by atoms with Crippen LogP contribution in [-0.4, -0.2) is 87.2 Å². The van der Waals surface area contributed by atoms with Crippen molar-refractivity contribution in [2.75, 3.05) is 13.2 Å². The normalized spacial score (nSPS) is 12.1. The van der Waals surface area contributed by atoms with E-state index in [-0.39, 0.29) is 52.4 Å². The quantitative estimate of drug-likeness (QED) is 0.0417. The van der Waals surface area contributed by atoms with Crippen molar-refractivity contribution < 1.29 is 39.5 Å². The number of halogens is 2. The second kappa shape index (κ2) is 22.7. The Bertz CT molecular complexity index is 3350. The lowest BCUT2D eigenvalue weighted by Crippen LogP contribution is -2.39. The SMILES string of the molecule is N#Cc1cncc(COc2cc(Cn3ncc4c(-c5cccc6c5cnn6Cc5cc(OCc6cncc(C#N)c6)c(CN[C@@H](CO)C(=O)O)cc5Cl)cccc43)c(Cl)cc2CN[C@@H](CO)CC(=O)O)c1. The van der Waals surface area contributed by atoms with Crippen LogP contribution in [0, 0.1) is 22.7 Å². The first kappa shape index (κ1) is 49.5. The number of nitriles is 2. The lowest BCUT2D eigenvalue weighted by atomic mass is 9.99. The van der Waals surface area contributed by atoms with E-state index in [4.69, 9.17) is 42.9 Å². The smallest absolute Gasteiger partial charge is 0.323 e. The van der Waals surface area contributed by atoms with Gasteiger partial charge in [0, 0.05) is 87.0 Å². The Morgan fingerprint density at radius 1 is 0.648 bits per heavy atom. The lowest BCUT2D eigenvalue weighted by molar-refractivity contribution is -0.140. The first-order valence-electron chi connectivity index (χ1n) is 22.0. The Morgan fingerprint density at radius 2 is 1.14 bits per heavy atom. The summed E-state index contributed by atoms with van der Waals surface area (Å²) in [6.07, 6.45) is 9.40. The van der Waals surface area contributed by atoms with Crippen molar-refractivity contribution >= 4 is 56.9 Å². The van der Waals surface area contributed by atoms with Crippen LogP contribution in [0.15, 0.2) is 110 Å². The number of aromatic nitrogens is 6. The van der Waals surface area contributed by atoms with Crippen LogP contribution in [0.2, 0.25) is 10.0 Å². The average Bonchev–Trinajstić information content (AvgIpc) is 3.99. The van der Waals surface area contributed by atoms with Crippen molar-refractivity contribution in [3.05, 3.63) is 165 Å². The van der Waals surface area contributed by atoms with Gasteiger partial charge in [-0.15, -0.1) is 0 Å². The van der Waals surface area contributed by atoms with Crippen molar-refractivity contribution in [3.63, 3.8) is 0 Å². The summed E-state index contributed by atoms with van der Waals surface area (Å²) >= 11 is 13.9. The van der Waals surface area contributed by atoms with E-state index in [0.29, 0.717) is 66.1 Å². The van der Waals surface area contributed by atoms with Gasteiger partial charge in [0.1, 0.15) is 42.9 Å². The predicted molar refractivity (Wildman–Crippen MR) is 261 cm³/mol. The minimum Gasteiger partial charge on any atom is -0.489 e. The van der Waals surface area contributed by atoms with Gasteiger partial charge in [-0.3, -0.25) is 34.2 Å². The molecule has 71 heavy (non-hydrogen) atoms. The third-order valence-corrected chi connectivity index (χ3v) is 12.3. The molecule has 0 spiro atoms. The van der Waals surface area contributed by atoms with Crippen LogP contribution in [0.1, 0.15) is 50.9 Å². The molecule has 6 N–H and O–H groups in total. The highest BCUT2D eigenvalue weighted by Crippen LogP contribution is 2.36. The number of pyridine rings is 2. The monoisotopic (exact) mass is 994 g/mol. The Balaban J connectivity index is 1.07. The number of hydrogen-bond acceptors (Lipinski definition) is 14. The fourth-order valence-corrected chi connectivity index (χ4v) is 8.51. The summed E-state index contributed by atoms with van der Waals surface area (Å²) in [5.41, 5.74) is 8.06. The molecule has 4 heterocycles. The number of aliphatic carboxylic acids is 2. The minimum absolute atomic E-state index is 0.0224. The molecule has 2 atom stereocenters. The van der Waals surface area contributed by atoms with Crippen molar-refractivity contribution in [1.82, 2.24) is 40.2 Å². The summed E-state index contributed by atoms with van der Waals surface area (Å²) < 4.78 is 16.2. The molecule has 8 aromatic rings. The van der Waals surface area contributed by atoms with Gasteiger partial charge >= 0.3 is 11.9 Å². The largest absolute Gasteiger partial charge is 0.489 e. The molecule has 360 valence electrons. The topological polar surface area (TPSA) is 267 Å². The van der Waals surface area contributed by atoms with Crippen LogP contribution in [-0.2, 0) is 49.0 Å². The summed E-state index contributed by atoms with van der Waals surface area (Å²) in [5.74, 6) is -1.41. The zero-order chi connectivity index (χ0) is 50.0. The number of nitrogens with zero attached hydrogens (tertiary/aromatic N) is 8. The Hall–Kier alpha value is -7.94. The standard InChI is InChI=1S/C51H44Cl2N10O8/c52-43-9-34(20-58-38(26-64)13-50(66)67)48(70-28-32-7-30(14-54)16-56-18-32)11-36(43)24-62-46-5-1-3-39(41(46)22-60-62)40-4-2-6-47-42(40)23-61-63(47)25-37-12-49(71-29-33-8-31(15-55)17-57-19-33)35(10-44(37)53)21-59-45(27-65)51(68)69/h1-12,16-19,22-23,38,45,58-59,64-65H,13,20-21,24-29H2,(H,66,67)(H,68,69)/t38-,45+/m1/s1. The molecule has 0 bridgehead atoms. The van der Waals surface area contributed by atoms with Crippen LogP contribution in [0.4, 0.5) is 0 Å². The zero-order valence-corrected chi connectivity index (χ0v) is 39.2. The first-order valence-corrected chi connectivity index (χ1v) is 22.8. The molecule has 0 fully saturated rings. The van der Waals surface area contributed by atoms with Gasteiger partial charge in [0.05, 0.1) is 67.3 Å². The van der Waals surface area contributed by atoms with Crippen molar-refractivity contribution in [1.29, 1.82) is 10.5 Å². The van der Waals surface area contributed by atoms with Crippen molar-refractivity contribution in [2.45, 2.75) is 57.9 Å². The van der Waals surface area contributed by atoms with Crippen LogP contribution in [0.5, 0.6) is 11.5 Å². The van der Waals surface area contributed by atoms with Crippen molar-refractivity contribution in [3.8, 4) is 34.8 Å². The predicted octanol–water partition coefficient (Wildman–Crippen LogP) is 6.61. The second-order valence-electron chi connectivity index (χ2n) is 16.5. The molecule has 0 saturated heterocycles. The number of hydrogen-bond donors (Lipinski definition) is 6. The van der Waals surface area contributed by atoms with Crippen LogP contribution in [0.3, 0.4) is 0 Å². The molecule has 0 aliphatic rings. The molecule has 0 aliphatic carbocycles. The minimum atomic E-state index is -1.21. The Kier molecular flexibility index (Phi) is 15.8. The number of aliphatic hydroxyl groups excluding tert-OH is 2. The van der Waals surface area contributed by atoms with Gasteiger partial charge in [-0.25, -0.2) is 0 Å². The van der Waals surface area contributed by atoms with E-state index in [1.165, 1.54) is 12.4 Å². The van der Waals surface area contributed by atoms with Crippen LogP contribution < -0.4 is 20.1 Å². The molecule has 0 amide bonds. The van der Waals surface area contributed by atoms with Gasteiger partial charge in [-0.1, -0.05) is 47.5 Å². The van der Waals surface area contributed by atoms with Crippen molar-refractivity contribution in [2.24, 2.45) is 0 Å². The van der Waals surface area contributed by atoms with Gasteiger partial charge in [0.25, 0.3) is 0 Å². The molecule has 0 aliphatic heterocycles. The van der Waals surface area contributed by atoms with E-state index in [1.807, 2.05) is 51.8 Å². The molecule has 0 radical (unpaired) electrons. The third-order valence-electron chi connectivity index (χ3n) is 11.6. The number of nitrogens with one attached hydrogen (secondary N) is 2. The van der Waals surface area contributed by atoms with E-state index in [0.717, 1.165) is 32.9 Å². The number of fused-ring (bicyclic) bond motifs is 2. The van der Waals surface area contributed by atoms with Gasteiger partial charge < -0.3 is 35.2 Å². The number of aliphatic hydroxyl groups is 2. The molecular weight excluding hydrogens is 952 g/mol. The number of carboxylic acid groups (broad SMARTS) is 2. The average molecular weight is 996 g/mol. The van der Waals surface area contributed by atoms with Gasteiger partial charge in [-0.05, 0) is 70.8 Å².